The minimum Gasteiger partial charge on any atom is -0.394 e. The van der Waals surface area contributed by atoms with Crippen LogP contribution in [0, 0.1) is 0 Å². The quantitative estimate of drug-likeness (QED) is 0.883. The highest BCUT2D eigenvalue weighted by atomic mass is 16.3. The Morgan fingerprint density at radius 3 is 2.79 bits per heavy atom. The van der Waals surface area contributed by atoms with Gasteiger partial charge < -0.3 is 10.4 Å². The average Bonchev–Trinajstić information content (AvgIpc) is 2.46. The lowest BCUT2D eigenvalue weighted by atomic mass is 9.99. The number of rotatable bonds is 4. The number of benzene rings is 1. The van der Waals surface area contributed by atoms with E-state index in [1.165, 1.54) is 0 Å². The second-order valence-electron chi connectivity index (χ2n) is 4.90. The minimum absolute atomic E-state index is 0.0851. The first-order valence-electron chi connectivity index (χ1n) is 6.37. The van der Waals surface area contributed by atoms with Crippen LogP contribution in [0.5, 0.6) is 0 Å². The number of carbonyl (C=O) groups excluding carboxylic acids is 1. The summed E-state index contributed by atoms with van der Waals surface area (Å²) in [5.74, 6) is -0.183. The van der Waals surface area contributed by atoms with Crippen molar-refractivity contribution in [1.82, 2.24) is 10.3 Å². The van der Waals surface area contributed by atoms with Crippen molar-refractivity contribution < 1.29 is 9.90 Å². The summed E-state index contributed by atoms with van der Waals surface area (Å²) in [6.45, 7) is 3.67. The summed E-state index contributed by atoms with van der Waals surface area (Å²) >= 11 is 0. The van der Waals surface area contributed by atoms with Gasteiger partial charge in [-0.05, 0) is 25.5 Å². The average molecular weight is 258 g/mol. The molecule has 2 rings (SSSR count). The molecule has 4 heteroatoms. The van der Waals surface area contributed by atoms with Gasteiger partial charge in [0.05, 0.1) is 23.2 Å². The van der Waals surface area contributed by atoms with E-state index in [1.54, 1.807) is 12.3 Å². The van der Waals surface area contributed by atoms with Crippen LogP contribution in [0.3, 0.4) is 0 Å². The van der Waals surface area contributed by atoms with Gasteiger partial charge in [-0.1, -0.05) is 25.1 Å². The number of hydrogen-bond acceptors (Lipinski definition) is 3. The largest absolute Gasteiger partial charge is 0.394 e. The summed E-state index contributed by atoms with van der Waals surface area (Å²) in [5.41, 5.74) is 0.776. The predicted molar refractivity (Wildman–Crippen MR) is 75.0 cm³/mol. The van der Waals surface area contributed by atoms with E-state index < -0.39 is 5.54 Å². The summed E-state index contributed by atoms with van der Waals surface area (Å²) in [7, 11) is 0. The Bertz CT molecular complexity index is 586. The lowest BCUT2D eigenvalue weighted by Gasteiger charge is -2.27. The van der Waals surface area contributed by atoms with Crippen molar-refractivity contribution in [3.63, 3.8) is 0 Å². The van der Waals surface area contributed by atoms with Gasteiger partial charge in [0.2, 0.25) is 0 Å². The highest BCUT2D eigenvalue weighted by molar-refractivity contribution is 6.06. The van der Waals surface area contributed by atoms with E-state index in [-0.39, 0.29) is 12.5 Å². The topological polar surface area (TPSA) is 62.2 Å². The van der Waals surface area contributed by atoms with Gasteiger partial charge in [-0.3, -0.25) is 9.78 Å². The third kappa shape index (κ3) is 2.74. The Morgan fingerprint density at radius 2 is 2.11 bits per heavy atom. The maximum absolute atomic E-state index is 12.3. The summed E-state index contributed by atoms with van der Waals surface area (Å²) in [5, 5.41) is 13.1. The van der Waals surface area contributed by atoms with E-state index in [9.17, 15) is 9.90 Å². The van der Waals surface area contributed by atoms with Gasteiger partial charge in [0, 0.05) is 11.6 Å². The molecule has 0 radical (unpaired) electrons. The van der Waals surface area contributed by atoms with Crippen molar-refractivity contribution in [2.45, 2.75) is 25.8 Å². The maximum Gasteiger partial charge on any atom is 0.252 e. The van der Waals surface area contributed by atoms with Gasteiger partial charge >= 0.3 is 0 Å². The molecule has 2 aromatic rings. The Balaban J connectivity index is 2.37. The molecule has 0 aliphatic heterocycles. The van der Waals surface area contributed by atoms with Crippen LogP contribution in [-0.2, 0) is 0 Å². The lowest BCUT2D eigenvalue weighted by molar-refractivity contribution is 0.0849. The smallest absolute Gasteiger partial charge is 0.252 e. The zero-order chi connectivity index (χ0) is 13.9. The van der Waals surface area contributed by atoms with Crippen LogP contribution in [0.1, 0.15) is 30.6 Å². The molecule has 1 unspecified atom stereocenters. The fraction of sp³-hybridized carbons (Fsp3) is 0.333. The van der Waals surface area contributed by atoms with Gasteiger partial charge in [-0.15, -0.1) is 0 Å². The van der Waals surface area contributed by atoms with Crippen LogP contribution < -0.4 is 5.32 Å². The molecule has 0 fully saturated rings. The molecule has 1 amide bonds. The zero-order valence-corrected chi connectivity index (χ0v) is 11.2. The number of aliphatic hydroxyl groups excluding tert-OH is 1. The van der Waals surface area contributed by atoms with Crippen LogP contribution in [0.25, 0.3) is 10.9 Å². The molecule has 19 heavy (non-hydrogen) atoms. The first-order chi connectivity index (χ1) is 9.09. The summed E-state index contributed by atoms with van der Waals surface area (Å²) < 4.78 is 0. The number of carbonyl (C=O) groups is 1. The normalized spacial score (nSPS) is 14.1. The molecule has 0 aliphatic rings. The van der Waals surface area contributed by atoms with Crippen LogP contribution >= 0.6 is 0 Å². The van der Waals surface area contributed by atoms with Gasteiger partial charge in [0.25, 0.3) is 5.91 Å². The molecule has 0 aliphatic carbocycles. The monoisotopic (exact) mass is 258 g/mol. The number of fused-ring (bicyclic) bond motifs is 1. The second kappa shape index (κ2) is 5.36. The van der Waals surface area contributed by atoms with Crippen LogP contribution in [0.4, 0.5) is 0 Å². The molecule has 4 nitrogen and oxygen atoms in total. The molecule has 1 heterocycles. The van der Waals surface area contributed by atoms with E-state index in [2.05, 4.69) is 10.3 Å². The highest BCUT2D eigenvalue weighted by Crippen LogP contribution is 2.17. The Labute approximate surface area is 112 Å². The van der Waals surface area contributed by atoms with E-state index in [1.807, 2.05) is 38.1 Å². The van der Waals surface area contributed by atoms with E-state index in [0.29, 0.717) is 12.0 Å². The van der Waals surface area contributed by atoms with Crippen LogP contribution in [0.15, 0.2) is 36.5 Å². The number of nitrogens with zero attached hydrogens (tertiary/aromatic N) is 1. The Kier molecular flexibility index (Phi) is 3.81. The number of nitrogens with one attached hydrogen (secondary N) is 1. The van der Waals surface area contributed by atoms with Crippen molar-refractivity contribution in [3.05, 3.63) is 42.1 Å². The van der Waals surface area contributed by atoms with E-state index in [0.717, 1.165) is 10.9 Å². The lowest BCUT2D eigenvalue weighted by Crippen LogP contribution is -2.48. The number of pyridine rings is 1. The van der Waals surface area contributed by atoms with Gasteiger partial charge in [-0.25, -0.2) is 0 Å². The first-order valence-corrected chi connectivity index (χ1v) is 6.37. The molecule has 100 valence electrons. The van der Waals surface area contributed by atoms with Crippen molar-refractivity contribution in [2.24, 2.45) is 0 Å². The molecular formula is C15H18N2O2. The Hall–Kier alpha value is -1.94. The molecule has 1 atom stereocenters. The number of para-hydroxylation sites is 1. The van der Waals surface area contributed by atoms with Crippen LogP contribution in [-0.4, -0.2) is 28.1 Å². The van der Waals surface area contributed by atoms with Crippen molar-refractivity contribution in [1.29, 1.82) is 0 Å². The SMILES string of the molecule is CCC(C)(CO)NC(=O)c1ccnc2ccccc12. The van der Waals surface area contributed by atoms with Crippen molar-refractivity contribution in [3.8, 4) is 0 Å². The maximum atomic E-state index is 12.3. The van der Waals surface area contributed by atoms with E-state index >= 15 is 0 Å². The number of hydrogen-bond donors (Lipinski definition) is 2. The Morgan fingerprint density at radius 1 is 1.37 bits per heavy atom. The standard InChI is InChI=1S/C15H18N2O2/c1-3-15(2,10-18)17-14(19)12-8-9-16-13-7-5-4-6-11(12)13/h4-9,18H,3,10H2,1-2H3,(H,17,19). The number of amides is 1. The first kappa shape index (κ1) is 13.5. The van der Waals surface area contributed by atoms with Crippen molar-refractivity contribution >= 4 is 16.8 Å². The third-order valence-electron chi connectivity index (χ3n) is 3.44. The van der Waals surface area contributed by atoms with Crippen molar-refractivity contribution in [2.75, 3.05) is 6.61 Å². The second-order valence-corrected chi connectivity index (χ2v) is 4.90. The van der Waals surface area contributed by atoms with E-state index in [4.69, 9.17) is 0 Å². The zero-order valence-electron chi connectivity index (χ0n) is 11.2. The molecule has 0 bridgehead atoms. The predicted octanol–water partition coefficient (Wildman–Crippen LogP) is 2.13. The molecule has 1 aromatic carbocycles. The molecule has 1 aromatic heterocycles. The molecule has 2 N–H and O–H groups in total. The third-order valence-corrected chi connectivity index (χ3v) is 3.44. The van der Waals surface area contributed by atoms with Gasteiger partial charge in [0.15, 0.2) is 0 Å². The van der Waals surface area contributed by atoms with Gasteiger partial charge in [0.1, 0.15) is 0 Å². The highest BCUT2D eigenvalue weighted by Gasteiger charge is 2.24. The number of aromatic nitrogens is 1. The fourth-order valence-corrected chi connectivity index (χ4v) is 1.87. The molecule has 0 saturated carbocycles. The van der Waals surface area contributed by atoms with Crippen LogP contribution in [0.2, 0.25) is 0 Å². The summed E-state index contributed by atoms with van der Waals surface area (Å²) in [6.07, 6.45) is 2.29. The summed E-state index contributed by atoms with van der Waals surface area (Å²) in [4.78, 5) is 16.6. The fourth-order valence-electron chi connectivity index (χ4n) is 1.87. The molecule has 0 spiro atoms. The molecular weight excluding hydrogens is 240 g/mol. The van der Waals surface area contributed by atoms with Gasteiger partial charge in [-0.2, -0.15) is 0 Å². The minimum atomic E-state index is -0.596. The number of aliphatic hydroxyl groups is 1. The molecule has 0 saturated heterocycles. The summed E-state index contributed by atoms with van der Waals surface area (Å²) in [6, 6.07) is 9.22.